The molecule has 1 aliphatic heterocycles. The average molecular weight is 464 g/mol. The van der Waals surface area contributed by atoms with Gasteiger partial charge in [0.25, 0.3) is 0 Å². The van der Waals surface area contributed by atoms with Gasteiger partial charge in [-0.2, -0.15) is 0 Å². The van der Waals surface area contributed by atoms with E-state index in [0.717, 1.165) is 81.0 Å². The van der Waals surface area contributed by atoms with E-state index >= 15 is 0 Å². The summed E-state index contributed by atoms with van der Waals surface area (Å²) < 4.78 is 5.93. The van der Waals surface area contributed by atoms with E-state index < -0.39 is 0 Å². The Kier molecular flexibility index (Phi) is 9.31. The van der Waals surface area contributed by atoms with E-state index in [0.29, 0.717) is 23.1 Å². The number of benzene rings is 2. The van der Waals surface area contributed by atoms with Crippen molar-refractivity contribution in [3.05, 3.63) is 52.0 Å². The predicted molar refractivity (Wildman–Crippen MR) is 130 cm³/mol. The molecule has 168 valence electrons. The summed E-state index contributed by atoms with van der Waals surface area (Å²) in [6, 6.07) is 11.9. The number of aryl methyl sites for hydroxylation is 1. The second kappa shape index (κ2) is 12.2. The standard InChI is InChI=1S/C24H31Cl2N3O2/c1-27-22-18-20(10-9-19(22)6-5-16-30)31-17-3-2-11-28-12-14-29(15-13-28)23-8-4-7-21(25)24(23)26/h4,7-10,16,18,27H,2-3,5-6,11-15,17H2,1H3. The van der Waals surface area contributed by atoms with E-state index in [1.54, 1.807) is 0 Å². The van der Waals surface area contributed by atoms with Crippen LogP contribution in [0.2, 0.25) is 10.0 Å². The van der Waals surface area contributed by atoms with Gasteiger partial charge < -0.3 is 19.7 Å². The van der Waals surface area contributed by atoms with E-state index in [9.17, 15) is 4.79 Å². The highest BCUT2D eigenvalue weighted by atomic mass is 35.5. The van der Waals surface area contributed by atoms with Crippen molar-refractivity contribution in [2.45, 2.75) is 25.7 Å². The smallest absolute Gasteiger partial charge is 0.121 e. The molecule has 0 spiro atoms. The van der Waals surface area contributed by atoms with Gasteiger partial charge in [0.1, 0.15) is 12.0 Å². The number of nitrogens with zero attached hydrogens (tertiary/aromatic N) is 2. The minimum absolute atomic E-state index is 0.537. The Balaban J connectivity index is 1.35. The summed E-state index contributed by atoms with van der Waals surface area (Å²) in [4.78, 5) is 15.4. The highest BCUT2D eigenvalue weighted by Crippen LogP contribution is 2.32. The zero-order chi connectivity index (χ0) is 22.1. The lowest BCUT2D eigenvalue weighted by Gasteiger charge is -2.36. The lowest BCUT2D eigenvalue weighted by atomic mass is 10.1. The summed E-state index contributed by atoms with van der Waals surface area (Å²) >= 11 is 12.5. The fraction of sp³-hybridized carbons (Fsp3) is 0.458. The van der Waals surface area contributed by atoms with Crippen molar-refractivity contribution in [3.8, 4) is 5.75 Å². The molecule has 2 aromatic carbocycles. The van der Waals surface area contributed by atoms with Crippen molar-refractivity contribution in [2.24, 2.45) is 0 Å². The van der Waals surface area contributed by atoms with Crippen molar-refractivity contribution in [3.63, 3.8) is 0 Å². The molecule has 3 rings (SSSR count). The van der Waals surface area contributed by atoms with Crippen molar-refractivity contribution < 1.29 is 9.53 Å². The van der Waals surface area contributed by atoms with Gasteiger partial charge in [0, 0.05) is 51.4 Å². The summed E-state index contributed by atoms with van der Waals surface area (Å²) in [5, 5.41) is 4.45. The topological polar surface area (TPSA) is 44.8 Å². The molecule has 0 radical (unpaired) electrons. The number of hydrogen-bond acceptors (Lipinski definition) is 5. The molecule has 0 aliphatic carbocycles. The van der Waals surface area contributed by atoms with Crippen LogP contribution in [0.3, 0.4) is 0 Å². The van der Waals surface area contributed by atoms with Gasteiger partial charge in [-0.3, -0.25) is 4.90 Å². The second-order valence-electron chi connectivity index (χ2n) is 7.73. The first-order valence-corrected chi connectivity index (χ1v) is 11.7. The van der Waals surface area contributed by atoms with Crippen LogP contribution in [-0.4, -0.2) is 57.6 Å². The van der Waals surface area contributed by atoms with Crippen LogP contribution < -0.4 is 15.0 Å². The molecule has 0 amide bonds. The first-order chi connectivity index (χ1) is 15.1. The lowest BCUT2D eigenvalue weighted by molar-refractivity contribution is -0.107. The number of hydrogen-bond donors (Lipinski definition) is 1. The summed E-state index contributed by atoms with van der Waals surface area (Å²) in [5.74, 6) is 0.867. The summed E-state index contributed by atoms with van der Waals surface area (Å²) in [6.07, 6.45) is 4.36. The predicted octanol–water partition coefficient (Wildman–Crippen LogP) is 5.15. The molecule has 31 heavy (non-hydrogen) atoms. The van der Waals surface area contributed by atoms with Crippen LogP contribution in [0.25, 0.3) is 0 Å². The molecule has 0 aromatic heterocycles. The van der Waals surface area contributed by atoms with Gasteiger partial charge in [-0.1, -0.05) is 35.3 Å². The monoisotopic (exact) mass is 463 g/mol. The number of ether oxygens (including phenoxy) is 1. The molecule has 1 N–H and O–H groups in total. The Bertz CT molecular complexity index is 855. The molecular formula is C24H31Cl2N3O2. The average Bonchev–Trinajstić information content (AvgIpc) is 2.80. The highest BCUT2D eigenvalue weighted by Gasteiger charge is 2.19. The Morgan fingerprint density at radius 2 is 1.90 bits per heavy atom. The van der Waals surface area contributed by atoms with Gasteiger partial charge in [-0.05, 0) is 49.6 Å². The van der Waals surface area contributed by atoms with Gasteiger partial charge in [-0.25, -0.2) is 0 Å². The quantitative estimate of drug-likeness (QED) is 0.368. The SMILES string of the molecule is CNc1cc(OCCCCN2CCN(c3cccc(Cl)c3Cl)CC2)ccc1CCC=O. The minimum atomic E-state index is 0.537. The van der Waals surface area contributed by atoms with E-state index in [4.69, 9.17) is 27.9 Å². The third-order valence-corrected chi connectivity index (χ3v) is 6.47. The van der Waals surface area contributed by atoms with E-state index in [-0.39, 0.29) is 0 Å². The Labute approximate surface area is 195 Å². The Morgan fingerprint density at radius 3 is 2.65 bits per heavy atom. The molecule has 1 aliphatic rings. The van der Waals surface area contributed by atoms with Crippen LogP contribution in [0.5, 0.6) is 5.75 Å². The Hall–Kier alpha value is -1.95. The zero-order valence-corrected chi connectivity index (χ0v) is 19.6. The molecule has 2 aromatic rings. The molecule has 5 nitrogen and oxygen atoms in total. The van der Waals surface area contributed by atoms with Crippen LogP contribution in [-0.2, 0) is 11.2 Å². The third kappa shape index (κ3) is 6.76. The normalized spacial score (nSPS) is 14.5. The number of carbonyl (C=O) groups excluding carboxylic acids is 1. The number of halogens is 2. The maximum absolute atomic E-state index is 10.6. The maximum Gasteiger partial charge on any atom is 0.121 e. The fourth-order valence-electron chi connectivity index (χ4n) is 3.89. The zero-order valence-electron chi connectivity index (χ0n) is 18.1. The van der Waals surface area contributed by atoms with Gasteiger partial charge >= 0.3 is 0 Å². The first-order valence-electron chi connectivity index (χ1n) is 10.9. The second-order valence-corrected chi connectivity index (χ2v) is 8.52. The molecular weight excluding hydrogens is 433 g/mol. The van der Waals surface area contributed by atoms with Crippen molar-refractivity contribution in [2.75, 3.05) is 56.6 Å². The maximum atomic E-state index is 10.6. The van der Waals surface area contributed by atoms with Crippen LogP contribution in [0.1, 0.15) is 24.8 Å². The van der Waals surface area contributed by atoms with Gasteiger partial charge in [-0.15, -0.1) is 0 Å². The molecule has 0 unspecified atom stereocenters. The summed E-state index contributed by atoms with van der Waals surface area (Å²) in [5.41, 5.74) is 3.19. The van der Waals surface area contributed by atoms with Gasteiger partial charge in [0.2, 0.25) is 0 Å². The van der Waals surface area contributed by atoms with Crippen molar-refractivity contribution in [1.29, 1.82) is 0 Å². The van der Waals surface area contributed by atoms with Crippen LogP contribution in [0, 0.1) is 0 Å². The number of nitrogens with one attached hydrogen (secondary N) is 1. The van der Waals surface area contributed by atoms with Crippen molar-refractivity contribution in [1.82, 2.24) is 4.90 Å². The first kappa shape index (κ1) is 23.7. The molecule has 1 heterocycles. The molecule has 1 fully saturated rings. The van der Waals surface area contributed by atoms with Crippen LogP contribution in [0.4, 0.5) is 11.4 Å². The van der Waals surface area contributed by atoms with Crippen LogP contribution >= 0.6 is 23.2 Å². The van der Waals surface area contributed by atoms with Crippen molar-refractivity contribution >= 4 is 40.9 Å². The molecule has 0 saturated carbocycles. The lowest BCUT2D eigenvalue weighted by Crippen LogP contribution is -2.46. The molecule has 7 heteroatoms. The van der Waals surface area contributed by atoms with Gasteiger partial charge in [0.15, 0.2) is 0 Å². The number of carbonyl (C=O) groups is 1. The van der Waals surface area contributed by atoms with Crippen LogP contribution in [0.15, 0.2) is 36.4 Å². The molecule has 1 saturated heterocycles. The fourth-order valence-corrected chi connectivity index (χ4v) is 4.30. The summed E-state index contributed by atoms with van der Waals surface area (Å²) in [7, 11) is 1.89. The largest absolute Gasteiger partial charge is 0.494 e. The number of unbranched alkanes of at least 4 members (excludes halogenated alkanes) is 1. The molecule has 0 atom stereocenters. The number of rotatable bonds is 11. The number of anilines is 2. The van der Waals surface area contributed by atoms with E-state index in [1.807, 2.05) is 43.4 Å². The van der Waals surface area contributed by atoms with Gasteiger partial charge in [0.05, 0.1) is 22.3 Å². The molecule has 0 bridgehead atoms. The summed E-state index contributed by atoms with van der Waals surface area (Å²) in [6.45, 7) is 5.75. The van der Waals surface area contributed by atoms with E-state index in [2.05, 4.69) is 15.1 Å². The highest BCUT2D eigenvalue weighted by molar-refractivity contribution is 6.43. The number of aldehydes is 1. The third-order valence-electron chi connectivity index (χ3n) is 5.66. The number of piperazine rings is 1. The Morgan fingerprint density at radius 1 is 1.10 bits per heavy atom. The minimum Gasteiger partial charge on any atom is -0.494 e. The van der Waals surface area contributed by atoms with E-state index in [1.165, 1.54) is 0 Å².